The Morgan fingerprint density at radius 3 is 2.19 bits per heavy atom. The average Bonchev–Trinajstić information content (AvgIpc) is 2.78. The molecule has 7 nitrogen and oxygen atoms in total. The maximum absolute atomic E-state index is 11.9. The third kappa shape index (κ3) is 6.57. The molecule has 3 amide bonds. The van der Waals surface area contributed by atoms with Crippen LogP contribution in [0.3, 0.4) is 0 Å². The second-order valence-corrected chi connectivity index (χ2v) is 6.42. The lowest BCUT2D eigenvalue weighted by atomic mass is 10.1. The van der Waals surface area contributed by atoms with Gasteiger partial charge in [-0.25, -0.2) is 4.79 Å². The molecule has 0 spiro atoms. The molecule has 1 rings (SSSR count). The molecule has 3 N–H and O–H groups in total. The molecular weight excluding hydrogens is 274 g/mol. The number of carbonyl (C=O) groups excluding carboxylic acids is 2. The van der Waals surface area contributed by atoms with Crippen molar-refractivity contribution in [3.8, 4) is 0 Å². The number of urea groups is 1. The molecule has 1 saturated carbocycles. The Balaban J connectivity index is 2.45. The molecule has 1 aliphatic rings. The predicted octanol–water partition coefficient (Wildman–Crippen LogP) is 0.940. The van der Waals surface area contributed by atoms with Gasteiger partial charge in [-0.05, 0) is 33.6 Å². The third-order valence-electron chi connectivity index (χ3n) is 3.55. The average molecular weight is 299 g/mol. The van der Waals surface area contributed by atoms with Crippen molar-refractivity contribution in [3.05, 3.63) is 0 Å². The number of nitrogens with zero attached hydrogens (tertiary/aromatic N) is 1. The van der Waals surface area contributed by atoms with E-state index in [1.165, 1.54) is 4.90 Å². The summed E-state index contributed by atoms with van der Waals surface area (Å²) in [4.78, 5) is 35.9. The highest BCUT2D eigenvalue weighted by Gasteiger charge is 2.26. The van der Waals surface area contributed by atoms with Crippen LogP contribution in [0.1, 0.15) is 46.5 Å². The van der Waals surface area contributed by atoms with E-state index < -0.39 is 23.4 Å². The topological polar surface area (TPSA) is 98.7 Å². The third-order valence-corrected chi connectivity index (χ3v) is 3.55. The van der Waals surface area contributed by atoms with Crippen molar-refractivity contribution in [1.82, 2.24) is 15.5 Å². The van der Waals surface area contributed by atoms with Crippen molar-refractivity contribution in [3.63, 3.8) is 0 Å². The van der Waals surface area contributed by atoms with E-state index in [4.69, 9.17) is 5.11 Å². The van der Waals surface area contributed by atoms with E-state index in [0.717, 1.165) is 25.7 Å². The molecule has 0 aromatic heterocycles. The van der Waals surface area contributed by atoms with E-state index in [1.54, 1.807) is 0 Å². The number of aliphatic carboxylic acids is 1. The maximum atomic E-state index is 11.9. The normalized spacial score (nSPS) is 16.0. The summed E-state index contributed by atoms with van der Waals surface area (Å²) in [5.41, 5.74) is -0.475. The Morgan fingerprint density at radius 2 is 1.71 bits per heavy atom. The fourth-order valence-corrected chi connectivity index (χ4v) is 2.32. The van der Waals surface area contributed by atoms with E-state index in [2.05, 4.69) is 10.6 Å². The van der Waals surface area contributed by atoms with Crippen LogP contribution < -0.4 is 10.6 Å². The van der Waals surface area contributed by atoms with Crippen LogP contribution >= 0.6 is 0 Å². The van der Waals surface area contributed by atoms with Crippen molar-refractivity contribution in [1.29, 1.82) is 0 Å². The number of rotatable bonds is 5. The molecule has 0 heterocycles. The van der Waals surface area contributed by atoms with Crippen LogP contribution in [0.2, 0.25) is 0 Å². The van der Waals surface area contributed by atoms with Crippen LogP contribution in [0.15, 0.2) is 0 Å². The summed E-state index contributed by atoms with van der Waals surface area (Å²) in [6.07, 6.45) is 4.06. The van der Waals surface area contributed by atoms with Gasteiger partial charge >= 0.3 is 12.0 Å². The summed E-state index contributed by atoms with van der Waals surface area (Å²) in [6.45, 7) is 5.08. The number of carboxylic acids is 1. The van der Waals surface area contributed by atoms with Crippen LogP contribution in [0.4, 0.5) is 4.79 Å². The van der Waals surface area contributed by atoms with Crippen LogP contribution in [-0.2, 0) is 9.59 Å². The number of hydrogen-bond donors (Lipinski definition) is 3. The number of carboxylic acid groups (broad SMARTS) is 1. The number of amides is 3. The second-order valence-electron chi connectivity index (χ2n) is 6.42. The zero-order chi connectivity index (χ0) is 16.0. The van der Waals surface area contributed by atoms with E-state index in [0.29, 0.717) is 0 Å². The lowest BCUT2D eigenvalue weighted by molar-refractivity contribution is -0.140. The van der Waals surface area contributed by atoms with Crippen LogP contribution in [0, 0.1) is 0 Å². The van der Waals surface area contributed by atoms with E-state index in [1.807, 2.05) is 20.8 Å². The van der Waals surface area contributed by atoms with E-state index >= 15 is 0 Å². The molecule has 0 aromatic rings. The predicted molar refractivity (Wildman–Crippen MR) is 77.9 cm³/mol. The number of imide groups is 1. The minimum atomic E-state index is -1.01. The summed E-state index contributed by atoms with van der Waals surface area (Å²) in [6, 6.07) is -0.369. The van der Waals surface area contributed by atoms with E-state index in [9.17, 15) is 14.4 Å². The van der Waals surface area contributed by atoms with Crippen LogP contribution in [-0.4, -0.2) is 52.6 Å². The molecule has 0 unspecified atom stereocenters. The van der Waals surface area contributed by atoms with Gasteiger partial charge in [0.2, 0.25) is 5.91 Å². The lowest BCUT2D eigenvalue weighted by Gasteiger charge is -2.33. The first-order chi connectivity index (χ1) is 9.68. The standard InChI is InChI=1S/C14H25N3O4/c1-14(2,3)17(9-12(19)20)8-11(18)16-13(21)15-10-6-4-5-7-10/h10H,4-9H2,1-3H3,(H,19,20)(H2,15,16,18,21). The van der Waals surface area contributed by atoms with Crippen LogP contribution in [0.5, 0.6) is 0 Å². The van der Waals surface area contributed by atoms with Crippen molar-refractivity contribution in [2.75, 3.05) is 13.1 Å². The Morgan fingerprint density at radius 1 is 1.14 bits per heavy atom. The van der Waals surface area contributed by atoms with Crippen molar-refractivity contribution in [2.45, 2.75) is 58.0 Å². The van der Waals surface area contributed by atoms with E-state index in [-0.39, 0.29) is 19.1 Å². The fraction of sp³-hybridized carbons (Fsp3) is 0.786. The first kappa shape index (κ1) is 17.4. The molecule has 21 heavy (non-hydrogen) atoms. The highest BCUT2D eigenvalue weighted by atomic mass is 16.4. The SMILES string of the molecule is CC(C)(C)N(CC(=O)O)CC(=O)NC(=O)NC1CCCC1. The summed E-state index contributed by atoms with van der Waals surface area (Å²) in [5, 5.41) is 13.9. The first-order valence-corrected chi connectivity index (χ1v) is 7.25. The zero-order valence-electron chi connectivity index (χ0n) is 12.9. The van der Waals surface area contributed by atoms with Gasteiger partial charge in [-0.15, -0.1) is 0 Å². The van der Waals surface area contributed by atoms with Gasteiger partial charge in [0, 0.05) is 11.6 Å². The lowest BCUT2D eigenvalue weighted by Crippen LogP contribution is -2.52. The summed E-state index contributed by atoms with van der Waals surface area (Å²) in [7, 11) is 0. The maximum Gasteiger partial charge on any atom is 0.321 e. The number of carbonyl (C=O) groups is 3. The van der Waals surface area contributed by atoms with Gasteiger partial charge in [0.1, 0.15) is 0 Å². The van der Waals surface area contributed by atoms with Gasteiger partial charge in [-0.3, -0.25) is 19.8 Å². The van der Waals surface area contributed by atoms with Gasteiger partial charge < -0.3 is 10.4 Å². The molecule has 1 aliphatic carbocycles. The van der Waals surface area contributed by atoms with Crippen molar-refractivity contribution < 1.29 is 19.5 Å². The molecule has 120 valence electrons. The molecule has 0 aliphatic heterocycles. The van der Waals surface area contributed by atoms with Gasteiger partial charge in [0.15, 0.2) is 0 Å². The largest absolute Gasteiger partial charge is 0.480 e. The van der Waals surface area contributed by atoms with Gasteiger partial charge in [0.05, 0.1) is 13.1 Å². The smallest absolute Gasteiger partial charge is 0.321 e. The van der Waals surface area contributed by atoms with Gasteiger partial charge in [-0.1, -0.05) is 12.8 Å². The molecule has 0 atom stereocenters. The highest BCUT2D eigenvalue weighted by molar-refractivity contribution is 5.95. The summed E-state index contributed by atoms with van der Waals surface area (Å²) < 4.78 is 0. The summed E-state index contributed by atoms with van der Waals surface area (Å²) in [5.74, 6) is -1.50. The Kier molecular flexibility index (Phi) is 6.14. The minimum Gasteiger partial charge on any atom is -0.480 e. The van der Waals surface area contributed by atoms with Crippen LogP contribution in [0.25, 0.3) is 0 Å². The quantitative estimate of drug-likeness (QED) is 0.701. The van der Waals surface area contributed by atoms with Crippen molar-refractivity contribution >= 4 is 17.9 Å². The molecule has 0 bridgehead atoms. The molecule has 1 fully saturated rings. The van der Waals surface area contributed by atoms with Gasteiger partial charge in [0.25, 0.3) is 0 Å². The zero-order valence-corrected chi connectivity index (χ0v) is 12.9. The Hall–Kier alpha value is -1.63. The fourth-order valence-electron chi connectivity index (χ4n) is 2.32. The Labute approximate surface area is 125 Å². The summed E-state index contributed by atoms with van der Waals surface area (Å²) >= 11 is 0. The van der Waals surface area contributed by atoms with Crippen molar-refractivity contribution in [2.24, 2.45) is 0 Å². The second kappa shape index (κ2) is 7.40. The highest BCUT2D eigenvalue weighted by Crippen LogP contribution is 2.17. The minimum absolute atomic E-state index is 0.131. The number of nitrogens with one attached hydrogen (secondary N) is 2. The van der Waals surface area contributed by atoms with Gasteiger partial charge in [-0.2, -0.15) is 0 Å². The molecular formula is C14H25N3O4. The molecule has 0 aromatic carbocycles. The molecule has 0 saturated heterocycles. The Bertz CT molecular complexity index is 398. The number of hydrogen-bond acceptors (Lipinski definition) is 4. The first-order valence-electron chi connectivity index (χ1n) is 7.25. The molecule has 7 heteroatoms. The molecule has 0 radical (unpaired) electrons. The monoisotopic (exact) mass is 299 g/mol.